The van der Waals surface area contributed by atoms with Crippen LogP contribution in [0.3, 0.4) is 0 Å². The van der Waals surface area contributed by atoms with Crippen molar-refractivity contribution >= 4 is 29.3 Å². The first-order valence-electron chi connectivity index (χ1n) is 12.7. The largest absolute Gasteiger partial charge is 0.497 e. The van der Waals surface area contributed by atoms with Crippen LogP contribution in [0.4, 0.5) is 5.69 Å². The summed E-state index contributed by atoms with van der Waals surface area (Å²) in [6.07, 6.45) is 6.81. The molecule has 1 aliphatic heterocycles. The Balaban J connectivity index is 1.36. The fraction of sp³-hybridized carbons (Fsp3) is 0.500. The Labute approximate surface area is 213 Å². The SMILES string of the molecule is COc1ccc(N2CCCN(C(=O)c3ccccc3SCC(=O)N(C)C3CCCCC3)CC2)cc1. The molecule has 0 bridgehead atoms. The highest BCUT2D eigenvalue weighted by Crippen LogP contribution is 2.27. The molecular weight excluding hydrogens is 458 g/mol. The average Bonchev–Trinajstić information content (AvgIpc) is 3.18. The lowest BCUT2D eigenvalue weighted by Crippen LogP contribution is -2.39. The van der Waals surface area contributed by atoms with Crippen LogP contribution in [0, 0.1) is 0 Å². The van der Waals surface area contributed by atoms with Crippen LogP contribution in [0.1, 0.15) is 48.9 Å². The second-order valence-corrected chi connectivity index (χ2v) is 10.4. The molecule has 4 rings (SSSR count). The molecule has 1 heterocycles. The zero-order valence-electron chi connectivity index (χ0n) is 20.9. The molecule has 2 aromatic rings. The zero-order valence-corrected chi connectivity index (χ0v) is 21.8. The minimum absolute atomic E-state index is 0.0535. The number of amides is 2. The first kappa shape index (κ1) is 25.4. The maximum absolute atomic E-state index is 13.5. The zero-order chi connectivity index (χ0) is 24.6. The molecule has 2 aromatic carbocycles. The maximum atomic E-state index is 13.5. The van der Waals surface area contributed by atoms with Gasteiger partial charge in [0.2, 0.25) is 5.91 Å². The predicted molar refractivity (Wildman–Crippen MR) is 143 cm³/mol. The van der Waals surface area contributed by atoms with Gasteiger partial charge in [0.1, 0.15) is 5.75 Å². The van der Waals surface area contributed by atoms with Crippen molar-refractivity contribution in [1.82, 2.24) is 9.80 Å². The maximum Gasteiger partial charge on any atom is 0.255 e. The first-order chi connectivity index (χ1) is 17.1. The Hall–Kier alpha value is -2.67. The fourth-order valence-electron chi connectivity index (χ4n) is 5.02. The number of methoxy groups -OCH3 is 1. The minimum atomic E-state index is 0.0535. The molecule has 2 aliphatic rings. The third-order valence-electron chi connectivity index (χ3n) is 7.21. The molecule has 2 amide bonds. The summed E-state index contributed by atoms with van der Waals surface area (Å²) in [6.45, 7) is 3.10. The molecule has 1 saturated carbocycles. The van der Waals surface area contributed by atoms with Gasteiger partial charge in [-0.15, -0.1) is 11.8 Å². The minimum Gasteiger partial charge on any atom is -0.497 e. The summed E-state index contributed by atoms with van der Waals surface area (Å²) < 4.78 is 5.27. The van der Waals surface area contributed by atoms with Gasteiger partial charge in [0, 0.05) is 49.9 Å². The van der Waals surface area contributed by atoms with Gasteiger partial charge in [-0.25, -0.2) is 0 Å². The number of hydrogen-bond acceptors (Lipinski definition) is 5. The number of anilines is 1. The van der Waals surface area contributed by atoms with Crippen molar-refractivity contribution in [3.8, 4) is 5.75 Å². The van der Waals surface area contributed by atoms with Crippen LogP contribution in [-0.2, 0) is 4.79 Å². The highest BCUT2D eigenvalue weighted by atomic mass is 32.2. The van der Waals surface area contributed by atoms with E-state index in [2.05, 4.69) is 17.0 Å². The number of hydrogen-bond donors (Lipinski definition) is 0. The molecule has 1 saturated heterocycles. The van der Waals surface area contributed by atoms with Crippen LogP contribution in [0.25, 0.3) is 0 Å². The van der Waals surface area contributed by atoms with Crippen molar-refractivity contribution in [2.24, 2.45) is 0 Å². The molecule has 7 heteroatoms. The molecule has 35 heavy (non-hydrogen) atoms. The molecule has 1 aliphatic carbocycles. The fourth-order valence-corrected chi connectivity index (χ4v) is 5.99. The van der Waals surface area contributed by atoms with E-state index < -0.39 is 0 Å². The summed E-state index contributed by atoms with van der Waals surface area (Å²) in [7, 11) is 3.60. The topological polar surface area (TPSA) is 53.1 Å². The highest BCUT2D eigenvalue weighted by Gasteiger charge is 2.25. The summed E-state index contributed by atoms with van der Waals surface area (Å²) in [6, 6.07) is 16.2. The third kappa shape index (κ3) is 6.51. The number of carbonyl (C=O) groups excluding carboxylic acids is 2. The Morgan fingerprint density at radius 1 is 0.943 bits per heavy atom. The molecule has 6 nitrogen and oxygen atoms in total. The van der Waals surface area contributed by atoms with Crippen molar-refractivity contribution < 1.29 is 14.3 Å². The third-order valence-corrected chi connectivity index (χ3v) is 8.26. The average molecular weight is 496 g/mol. The van der Waals surface area contributed by atoms with Gasteiger partial charge in [0.05, 0.1) is 18.4 Å². The Morgan fingerprint density at radius 3 is 2.43 bits per heavy atom. The van der Waals surface area contributed by atoms with E-state index in [0.717, 1.165) is 55.2 Å². The highest BCUT2D eigenvalue weighted by molar-refractivity contribution is 8.00. The molecule has 0 radical (unpaired) electrons. The van der Waals surface area contributed by atoms with Gasteiger partial charge in [-0.05, 0) is 55.7 Å². The quantitative estimate of drug-likeness (QED) is 0.510. The predicted octanol–water partition coefficient (Wildman–Crippen LogP) is 4.93. The normalized spacial score (nSPS) is 17.1. The Bertz CT molecular complexity index is 991. The van der Waals surface area contributed by atoms with Gasteiger partial charge >= 0.3 is 0 Å². The molecule has 188 valence electrons. The van der Waals surface area contributed by atoms with E-state index in [0.29, 0.717) is 23.9 Å². The molecule has 0 atom stereocenters. The van der Waals surface area contributed by atoms with Gasteiger partial charge in [0.25, 0.3) is 5.91 Å². The Kier molecular flexibility index (Phi) is 8.96. The lowest BCUT2D eigenvalue weighted by molar-refractivity contribution is -0.129. The van der Waals surface area contributed by atoms with Crippen LogP contribution in [-0.4, -0.2) is 73.7 Å². The van der Waals surface area contributed by atoms with Crippen molar-refractivity contribution in [3.05, 3.63) is 54.1 Å². The van der Waals surface area contributed by atoms with Gasteiger partial charge in [-0.1, -0.05) is 31.4 Å². The number of benzene rings is 2. The smallest absolute Gasteiger partial charge is 0.255 e. The van der Waals surface area contributed by atoms with E-state index in [4.69, 9.17) is 4.74 Å². The van der Waals surface area contributed by atoms with E-state index in [9.17, 15) is 9.59 Å². The van der Waals surface area contributed by atoms with E-state index >= 15 is 0 Å². The second kappa shape index (κ2) is 12.3. The summed E-state index contributed by atoms with van der Waals surface area (Å²) in [5, 5.41) is 0. The standard InChI is InChI=1S/C28H37N3O3S/c1-29(22-9-4-3-5-10-22)27(32)21-35-26-12-7-6-11-25(26)28(33)31-18-8-17-30(19-20-31)23-13-15-24(34-2)16-14-23/h6-7,11-16,22H,3-5,8-10,17-21H2,1-2H3. The summed E-state index contributed by atoms with van der Waals surface area (Å²) in [5.74, 6) is 1.41. The molecule has 0 aromatic heterocycles. The summed E-state index contributed by atoms with van der Waals surface area (Å²) >= 11 is 1.48. The summed E-state index contributed by atoms with van der Waals surface area (Å²) in [5.41, 5.74) is 1.85. The molecule has 2 fully saturated rings. The number of nitrogens with zero attached hydrogens (tertiary/aromatic N) is 3. The monoisotopic (exact) mass is 495 g/mol. The molecule has 0 spiro atoms. The van der Waals surface area contributed by atoms with Crippen molar-refractivity contribution in [1.29, 1.82) is 0 Å². The van der Waals surface area contributed by atoms with Crippen LogP contribution < -0.4 is 9.64 Å². The van der Waals surface area contributed by atoms with Crippen LogP contribution >= 0.6 is 11.8 Å². The van der Waals surface area contributed by atoms with Crippen molar-refractivity contribution in [2.75, 3.05) is 51.0 Å². The number of rotatable bonds is 7. The van der Waals surface area contributed by atoms with Crippen molar-refractivity contribution in [3.63, 3.8) is 0 Å². The van der Waals surface area contributed by atoms with Crippen molar-refractivity contribution in [2.45, 2.75) is 49.5 Å². The van der Waals surface area contributed by atoms with E-state index in [1.165, 1.54) is 31.0 Å². The molecule has 0 unspecified atom stereocenters. The Morgan fingerprint density at radius 2 is 1.69 bits per heavy atom. The molecular formula is C28H37N3O3S. The number of carbonyl (C=O) groups is 2. The summed E-state index contributed by atoms with van der Waals surface area (Å²) in [4.78, 5) is 33.5. The molecule has 0 N–H and O–H groups in total. The number of ether oxygens (including phenoxy) is 1. The van der Waals surface area contributed by atoms with Crippen LogP contribution in [0.5, 0.6) is 5.75 Å². The number of thioether (sulfide) groups is 1. The van der Waals surface area contributed by atoms with E-state index in [1.54, 1.807) is 7.11 Å². The van der Waals surface area contributed by atoms with Crippen LogP contribution in [0.2, 0.25) is 0 Å². The van der Waals surface area contributed by atoms with Crippen LogP contribution in [0.15, 0.2) is 53.4 Å². The lowest BCUT2D eigenvalue weighted by Gasteiger charge is -2.31. The van der Waals surface area contributed by atoms with Gasteiger partial charge in [-0.3, -0.25) is 9.59 Å². The van der Waals surface area contributed by atoms with Gasteiger partial charge < -0.3 is 19.4 Å². The van der Waals surface area contributed by atoms with Gasteiger partial charge in [-0.2, -0.15) is 0 Å². The lowest BCUT2D eigenvalue weighted by atomic mass is 9.94. The van der Waals surface area contributed by atoms with Gasteiger partial charge in [0.15, 0.2) is 0 Å². The van der Waals surface area contributed by atoms with E-state index in [-0.39, 0.29) is 11.8 Å². The first-order valence-corrected chi connectivity index (χ1v) is 13.7. The second-order valence-electron chi connectivity index (χ2n) is 9.41. The van der Waals surface area contributed by atoms with E-state index in [1.807, 2.05) is 53.2 Å².